The van der Waals surface area contributed by atoms with Gasteiger partial charge in [-0.2, -0.15) is 0 Å². The van der Waals surface area contributed by atoms with E-state index in [0.717, 1.165) is 12.8 Å². The molecule has 0 spiro atoms. The molecule has 1 heterocycles. The standard InChI is InChI=1S/C8H12O4.C8H6O4/c9-7-3-4-8(10)12-6-2-1-5-11-7;9-7(10)5-3-1-2-4-6(5)8(11)12/h1-6H2;1-4H,(H,9,10)(H,11,12). The molecule has 0 aliphatic carbocycles. The van der Waals surface area contributed by atoms with Crippen molar-refractivity contribution in [3.05, 3.63) is 35.4 Å². The fourth-order valence-electron chi connectivity index (χ4n) is 1.78. The van der Waals surface area contributed by atoms with Crippen LogP contribution in [0.3, 0.4) is 0 Å². The molecule has 1 saturated heterocycles. The number of carboxylic acid groups (broad SMARTS) is 2. The number of carbonyl (C=O) groups is 4. The van der Waals surface area contributed by atoms with Crippen LogP contribution in [0, 0.1) is 0 Å². The normalized spacial score (nSPS) is 15.2. The van der Waals surface area contributed by atoms with Gasteiger partial charge in [0.2, 0.25) is 0 Å². The van der Waals surface area contributed by atoms with Gasteiger partial charge in [-0.1, -0.05) is 12.1 Å². The molecular formula is C16H18O8. The first kappa shape index (κ1) is 19.1. The molecule has 0 aromatic heterocycles. The van der Waals surface area contributed by atoms with E-state index in [9.17, 15) is 19.2 Å². The number of rotatable bonds is 2. The van der Waals surface area contributed by atoms with Crippen molar-refractivity contribution in [3.8, 4) is 0 Å². The van der Waals surface area contributed by atoms with Gasteiger partial charge in [-0.25, -0.2) is 9.59 Å². The Balaban J connectivity index is 0.000000240. The molecule has 0 unspecified atom stereocenters. The topological polar surface area (TPSA) is 127 Å². The lowest BCUT2D eigenvalue weighted by Gasteiger charge is -2.08. The van der Waals surface area contributed by atoms with E-state index < -0.39 is 11.9 Å². The summed E-state index contributed by atoms with van der Waals surface area (Å²) in [5, 5.41) is 17.1. The number of hydrogen-bond acceptors (Lipinski definition) is 6. The molecule has 1 aromatic carbocycles. The summed E-state index contributed by atoms with van der Waals surface area (Å²) in [6, 6.07) is 5.48. The monoisotopic (exact) mass is 338 g/mol. The molecule has 130 valence electrons. The first-order valence-corrected chi connectivity index (χ1v) is 7.28. The van der Waals surface area contributed by atoms with Gasteiger partial charge >= 0.3 is 23.9 Å². The number of cyclic esters (lactones) is 2. The van der Waals surface area contributed by atoms with E-state index in [-0.39, 0.29) is 35.9 Å². The highest BCUT2D eigenvalue weighted by atomic mass is 16.5. The second-order valence-corrected chi connectivity index (χ2v) is 4.80. The molecule has 2 rings (SSSR count). The Morgan fingerprint density at radius 3 is 1.50 bits per heavy atom. The van der Waals surface area contributed by atoms with Crippen LogP contribution in [0.4, 0.5) is 0 Å². The molecule has 1 aliphatic heterocycles. The van der Waals surface area contributed by atoms with Crippen LogP contribution in [0.2, 0.25) is 0 Å². The molecule has 0 atom stereocenters. The fraction of sp³-hybridized carbons (Fsp3) is 0.375. The Morgan fingerprint density at radius 1 is 0.792 bits per heavy atom. The van der Waals surface area contributed by atoms with Gasteiger partial charge in [0.05, 0.1) is 37.2 Å². The van der Waals surface area contributed by atoms with Crippen LogP contribution in [0.25, 0.3) is 0 Å². The molecule has 24 heavy (non-hydrogen) atoms. The van der Waals surface area contributed by atoms with Gasteiger partial charge in [0.25, 0.3) is 0 Å². The van der Waals surface area contributed by atoms with Crippen LogP contribution in [0.5, 0.6) is 0 Å². The van der Waals surface area contributed by atoms with Crippen LogP contribution >= 0.6 is 0 Å². The SMILES string of the molecule is O=C(O)c1ccccc1C(=O)O.O=C1CCC(=O)OCCCCO1. The molecule has 2 N–H and O–H groups in total. The van der Waals surface area contributed by atoms with Crippen LogP contribution in [0.15, 0.2) is 24.3 Å². The van der Waals surface area contributed by atoms with Gasteiger partial charge in [0.1, 0.15) is 0 Å². The molecule has 0 saturated carbocycles. The Bertz CT molecular complexity index is 555. The molecule has 1 fully saturated rings. The summed E-state index contributed by atoms with van der Waals surface area (Å²) in [6.45, 7) is 0.882. The summed E-state index contributed by atoms with van der Waals surface area (Å²) in [5.41, 5.74) is -0.380. The smallest absolute Gasteiger partial charge is 0.336 e. The number of esters is 2. The quantitative estimate of drug-likeness (QED) is 0.780. The van der Waals surface area contributed by atoms with E-state index in [0.29, 0.717) is 13.2 Å². The van der Waals surface area contributed by atoms with Crippen molar-refractivity contribution in [2.24, 2.45) is 0 Å². The third-order valence-electron chi connectivity index (χ3n) is 2.99. The van der Waals surface area contributed by atoms with E-state index in [2.05, 4.69) is 0 Å². The second kappa shape index (κ2) is 9.98. The summed E-state index contributed by atoms with van der Waals surface area (Å²) < 4.78 is 9.64. The average molecular weight is 338 g/mol. The first-order valence-electron chi connectivity index (χ1n) is 7.28. The van der Waals surface area contributed by atoms with E-state index in [4.69, 9.17) is 19.7 Å². The Kier molecular flexibility index (Phi) is 7.97. The summed E-state index contributed by atoms with van der Waals surface area (Å²) in [4.78, 5) is 42.6. The highest BCUT2D eigenvalue weighted by Crippen LogP contribution is 2.07. The predicted molar refractivity (Wildman–Crippen MR) is 80.7 cm³/mol. The number of hydrogen-bond donors (Lipinski definition) is 2. The van der Waals surface area contributed by atoms with Crippen molar-refractivity contribution in [3.63, 3.8) is 0 Å². The third kappa shape index (κ3) is 6.91. The Labute approximate surface area is 138 Å². The van der Waals surface area contributed by atoms with Crippen molar-refractivity contribution in [2.45, 2.75) is 25.7 Å². The number of benzene rings is 1. The highest BCUT2D eigenvalue weighted by molar-refractivity contribution is 6.01. The summed E-state index contributed by atoms with van der Waals surface area (Å²) in [6.07, 6.45) is 1.80. The Hall–Kier alpha value is -2.90. The lowest BCUT2D eigenvalue weighted by atomic mass is 10.1. The fourth-order valence-corrected chi connectivity index (χ4v) is 1.78. The number of aromatic carboxylic acids is 2. The van der Waals surface area contributed by atoms with Gasteiger partial charge in [-0.15, -0.1) is 0 Å². The van der Waals surface area contributed by atoms with Gasteiger partial charge in [0.15, 0.2) is 0 Å². The molecule has 1 aliphatic rings. The Morgan fingerprint density at radius 2 is 1.17 bits per heavy atom. The van der Waals surface area contributed by atoms with Crippen molar-refractivity contribution in [2.75, 3.05) is 13.2 Å². The van der Waals surface area contributed by atoms with E-state index >= 15 is 0 Å². The molecule has 8 nitrogen and oxygen atoms in total. The van der Waals surface area contributed by atoms with Crippen LogP contribution in [0.1, 0.15) is 46.4 Å². The molecule has 0 radical (unpaired) electrons. The van der Waals surface area contributed by atoms with Crippen molar-refractivity contribution in [1.82, 2.24) is 0 Å². The lowest BCUT2D eigenvalue weighted by molar-refractivity contribution is -0.152. The summed E-state index contributed by atoms with van der Waals surface area (Å²) in [5.74, 6) is -3.08. The minimum atomic E-state index is -1.23. The van der Waals surface area contributed by atoms with E-state index in [1.807, 2.05) is 0 Å². The maximum Gasteiger partial charge on any atom is 0.336 e. The van der Waals surface area contributed by atoms with Gasteiger partial charge < -0.3 is 19.7 Å². The van der Waals surface area contributed by atoms with Crippen molar-refractivity contribution >= 4 is 23.9 Å². The van der Waals surface area contributed by atoms with Gasteiger partial charge in [0, 0.05) is 0 Å². The van der Waals surface area contributed by atoms with Gasteiger partial charge in [-0.05, 0) is 25.0 Å². The molecular weight excluding hydrogens is 320 g/mol. The first-order chi connectivity index (χ1) is 11.4. The largest absolute Gasteiger partial charge is 0.478 e. The van der Waals surface area contributed by atoms with E-state index in [1.165, 1.54) is 24.3 Å². The summed E-state index contributed by atoms with van der Waals surface area (Å²) >= 11 is 0. The van der Waals surface area contributed by atoms with Crippen molar-refractivity contribution < 1.29 is 38.9 Å². The molecule has 0 bridgehead atoms. The molecule has 0 amide bonds. The van der Waals surface area contributed by atoms with Crippen LogP contribution in [-0.2, 0) is 19.1 Å². The lowest BCUT2D eigenvalue weighted by Crippen LogP contribution is -2.14. The molecule has 1 aromatic rings. The zero-order valence-electron chi connectivity index (χ0n) is 12.9. The van der Waals surface area contributed by atoms with Crippen LogP contribution < -0.4 is 0 Å². The maximum atomic E-state index is 10.8. The highest BCUT2D eigenvalue weighted by Gasteiger charge is 2.13. The number of carbonyl (C=O) groups excluding carboxylic acids is 2. The zero-order chi connectivity index (χ0) is 17.9. The van der Waals surface area contributed by atoms with Gasteiger partial charge in [-0.3, -0.25) is 9.59 Å². The van der Waals surface area contributed by atoms with Crippen LogP contribution in [-0.4, -0.2) is 47.3 Å². The minimum Gasteiger partial charge on any atom is -0.478 e. The second-order valence-electron chi connectivity index (χ2n) is 4.80. The number of ether oxygens (including phenoxy) is 2. The minimum absolute atomic E-state index is 0.138. The zero-order valence-corrected chi connectivity index (χ0v) is 12.9. The summed E-state index contributed by atoms with van der Waals surface area (Å²) in [7, 11) is 0. The maximum absolute atomic E-state index is 10.8. The number of carboxylic acids is 2. The van der Waals surface area contributed by atoms with Crippen molar-refractivity contribution in [1.29, 1.82) is 0 Å². The third-order valence-corrected chi connectivity index (χ3v) is 2.99. The predicted octanol–water partition coefficient (Wildman–Crippen LogP) is 1.73. The van der Waals surface area contributed by atoms with E-state index in [1.54, 1.807) is 0 Å². The molecule has 8 heteroatoms. The average Bonchev–Trinajstić information content (AvgIpc) is 2.56.